The molecule has 1 N–H and O–H groups in total. The van der Waals surface area contributed by atoms with Crippen molar-refractivity contribution >= 4 is 28.8 Å². The Labute approximate surface area is 166 Å². The highest BCUT2D eigenvalue weighted by molar-refractivity contribution is 7.15. The van der Waals surface area contributed by atoms with Crippen LogP contribution in [0.3, 0.4) is 0 Å². The monoisotopic (exact) mass is 404 g/mol. The van der Waals surface area contributed by atoms with Gasteiger partial charge in [0.1, 0.15) is 16.6 Å². The van der Waals surface area contributed by atoms with Gasteiger partial charge in [-0.15, -0.1) is 11.3 Å². The van der Waals surface area contributed by atoms with Crippen LogP contribution in [0.1, 0.15) is 17.5 Å². The first kappa shape index (κ1) is 19.3. The maximum Gasteiger partial charge on any atom is 0.261 e. The average molecular weight is 405 g/mol. The van der Waals surface area contributed by atoms with Crippen molar-refractivity contribution in [1.29, 1.82) is 0 Å². The molecule has 0 spiro atoms. The van der Waals surface area contributed by atoms with E-state index in [1.807, 2.05) is 6.92 Å². The van der Waals surface area contributed by atoms with E-state index in [0.29, 0.717) is 27.9 Å². The lowest BCUT2D eigenvalue weighted by Gasteiger charge is -2.15. The molecule has 2 aromatic carbocycles. The fourth-order valence-corrected chi connectivity index (χ4v) is 3.65. The summed E-state index contributed by atoms with van der Waals surface area (Å²) in [6, 6.07) is 13.5. The minimum Gasteiger partial charge on any atom is -0.479 e. The number of para-hydroxylation sites is 1. The molecule has 3 rings (SSSR count). The molecule has 0 saturated heterocycles. The number of aromatic nitrogens is 1. The molecule has 0 aliphatic carbocycles. The molecule has 1 heterocycles. The summed E-state index contributed by atoms with van der Waals surface area (Å²) in [4.78, 5) is 17.6. The summed E-state index contributed by atoms with van der Waals surface area (Å²) in [7, 11) is 0. The lowest BCUT2D eigenvalue weighted by molar-refractivity contribution is -0.127. The normalized spacial score (nSPS) is 11.9. The van der Waals surface area contributed by atoms with Crippen molar-refractivity contribution in [1.82, 2.24) is 10.3 Å². The lowest BCUT2D eigenvalue weighted by atomic mass is 10.2. The molecule has 27 heavy (non-hydrogen) atoms. The number of rotatable bonds is 6. The zero-order valence-electron chi connectivity index (χ0n) is 14.8. The van der Waals surface area contributed by atoms with Crippen LogP contribution in [0.4, 0.5) is 4.39 Å². The SMILES string of the molecule is Cc1nc(-c2ccccc2F)sc1CNC(=O)C(C)Oc1ccccc1Cl. The Morgan fingerprint density at radius 2 is 1.96 bits per heavy atom. The number of halogens is 2. The number of ether oxygens (including phenoxy) is 1. The van der Waals surface area contributed by atoms with Crippen molar-refractivity contribution in [2.45, 2.75) is 26.5 Å². The summed E-state index contributed by atoms with van der Waals surface area (Å²) in [6.45, 7) is 3.79. The second kappa shape index (κ2) is 8.50. The smallest absolute Gasteiger partial charge is 0.261 e. The first-order chi connectivity index (χ1) is 13.0. The molecule has 1 amide bonds. The molecule has 0 aliphatic heterocycles. The van der Waals surface area contributed by atoms with Crippen LogP contribution in [-0.4, -0.2) is 17.0 Å². The quantitative estimate of drug-likeness (QED) is 0.629. The second-order valence-electron chi connectivity index (χ2n) is 5.92. The average Bonchev–Trinajstić information content (AvgIpc) is 3.02. The number of hydrogen-bond donors (Lipinski definition) is 1. The molecular formula is C20H18ClFN2O2S. The van der Waals surface area contributed by atoms with E-state index in [1.165, 1.54) is 17.4 Å². The Kier molecular flexibility index (Phi) is 6.08. The highest BCUT2D eigenvalue weighted by atomic mass is 35.5. The van der Waals surface area contributed by atoms with Crippen molar-refractivity contribution in [3.8, 4) is 16.3 Å². The summed E-state index contributed by atoms with van der Waals surface area (Å²) in [5.41, 5.74) is 1.22. The molecule has 0 bridgehead atoms. The van der Waals surface area contributed by atoms with Gasteiger partial charge >= 0.3 is 0 Å². The third-order valence-electron chi connectivity index (χ3n) is 3.93. The topological polar surface area (TPSA) is 51.2 Å². The minimum atomic E-state index is -0.704. The first-order valence-corrected chi connectivity index (χ1v) is 9.55. The summed E-state index contributed by atoms with van der Waals surface area (Å²) in [5, 5.41) is 3.87. The molecule has 7 heteroatoms. The maximum absolute atomic E-state index is 13.9. The standard InChI is InChI=1S/C20H18ClFN2O2S/c1-12-18(27-20(24-12)14-7-3-5-9-16(14)22)11-23-19(25)13(2)26-17-10-6-4-8-15(17)21/h3-10,13H,11H2,1-2H3,(H,23,25). The van der Waals surface area contributed by atoms with Gasteiger partial charge in [0.2, 0.25) is 0 Å². The molecule has 0 saturated carbocycles. The summed E-state index contributed by atoms with van der Waals surface area (Å²) < 4.78 is 19.6. The Bertz CT molecular complexity index is 961. The van der Waals surface area contributed by atoms with Crippen LogP contribution in [0.15, 0.2) is 48.5 Å². The molecule has 1 atom stereocenters. The third-order valence-corrected chi connectivity index (χ3v) is 5.43. The van der Waals surface area contributed by atoms with Crippen molar-refractivity contribution in [2.24, 2.45) is 0 Å². The van der Waals surface area contributed by atoms with Gasteiger partial charge in [0.25, 0.3) is 5.91 Å². The van der Waals surface area contributed by atoms with Gasteiger partial charge in [-0.2, -0.15) is 0 Å². The van der Waals surface area contributed by atoms with Crippen LogP contribution < -0.4 is 10.1 Å². The molecule has 0 radical (unpaired) electrons. The van der Waals surface area contributed by atoms with Crippen LogP contribution in [0.5, 0.6) is 5.75 Å². The van der Waals surface area contributed by atoms with Gasteiger partial charge in [-0.25, -0.2) is 9.37 Å². The molecule has 0 aliphatic rings. The van der Waals surface area contributed by atoms with E-state index in [1.54, 1.807) is 49.4 Å². The summed E-state index contributed by atoms with van der Waals surface area (Å²) >= 11 is 7.41. The van der Waals surface area contributed by atoms with Gasteiger partial charge in [-0.05, 0) is 38.1 Å². The van der Waals surface area contributed by atoms with Gasteiger partial charge in [0.05, 0.1) is 17.3 Å². The summed E-state index contributed by atoms with van der Waals surface area (Å²) in [5.74, 6) is -0.128. The van der Waals surface area contributed by atoms with Gasteiger partial charge in [-0.1, -0.05) is 35.9 Å². The Morgan fingerprint density at radius 1 is 1.26 bits per heavy atom. The van der Waals surface area contributed by atoms with Gasteiger partial charge < -0.3 is 10.1 Å². The number of aryl methyl sites for hydroxylation is 1. The first-order valence-electron chi connectivity index (χ1n) is 8.36. The van der Waals surface area contributed by atoms with Crippen LogP contribution in [0, 0.1) is 12.7 Å². The van der Waals surface area contributed by atoms with Crippen molar-refractivity contribution in [3.63, 3.8) is 0 Å². The largest absolute Gasteiger partial charge is 0.479 e. The number of carbonyl (C=O) groups excluding carboxylic acids is 1. The van der Waals surface area contributed by atoms with Crippen molar-refractivity contribution < 1.29 is 13.9 Å². The maximum atomic E-state index is 13.9. The number of hydrogen-bond acceptors (Lipinski definition) is 4. The lowest BCUT2D eigenvalue weighted by Crippen LogP contribution is -2.35. The van der Waals surface area contributed by atoms with Crippen LogP contribution in [0.2, 0.25) is 5.02 Å². The van der Waals surface area contributed by atoms with Gasteiger partial charge in [0.15, 0.2) is 6.10 Å². The highest BCUT2D eigenvalue weighted by Crippen LogP contribution is 2.29. The van der Waals surface area contributed by atoms with Crippen molar-refractivity contribution in [2.75, 3.05) is 0 Å². The van der Waals surface area contributed by atoms with Gasteiger partial charge in [-0.3, -0.25) is 4.79 Å². The second-order valence-corrected chi connectivity index (χ2v) is 7.41. The Balaban J connectivity index is 1.64. The number of thiazole rings is 1. The molecule has 1 unspecified atom stereocenters. The predicted octanol–water partition coefficient (Wildman–Crippen LogP) is 4.99. The predicted molar refractivity (Wildman–Crippen MR) is 106 cm³/mol. The van der Waals surface area contributed by atoms with E-state index < -0.39 is 6.10 Å². The fourth-order valence-electron chi connectivity index (χ4n) is 2.44. The van der Waals surface area contributed by atoms with E-state index in [2.05, 4.69) is 10.3 Å². The molecule has 4 nitrogen and oxygen atoms in total. The molecule has 140 valence electrons. The van der Waals surface area contributed by atoms with E-state index in [4.69, 9.17) is 16.3 Å². The van der Waals surface area contributed by atoms with Crippen LogP contribution in [0.25, 0.3) is 10.6 Å². The third kappa shape index (κ3) is 4.64. The number of benzene rings is 2. The molecule has 0 fully saturated rings. The fraction of sp³-hybridized carbons (Fsp3) is 0.200. The van der Waals surface area contributed by atoms with Crippen LogP contribution >= 0.6 is 22.9 Å². The van der Waals surface area contributed by atoms with E-state index >= 15 is 0 Å². The Hall–Kier alpha value is -2.44. The number of carbonyl (C=O) groups is 1. The van der Waals surface area contributed by atoms with E-state index in [-0.39, 0.29) is 11.7 Å². The van der Waals surface area contributed by atoms with Crippen LogP contribution in [-0.2, 0) is 11.3 Å². The zero-order chi connectivity index (χ0) is 19.4. The van der Waals surface area contributed by atoms with E-state index in [0.717, 1.165) is 10.6 Å². The number of nitrogens with zero attached hydrogens (tertiary/aromatic N) is 1. The molecular weight excluding hydrogens is 387 g/mol. The molecule has 1 aromatic heterocycles. The minimum absolute atomic E-state index is 0.268. The zero-order valence-corrected chi connectivity index (χ0v) is 16.4. The van der Waals surface area contributed by atoms with Crippen molar-refractivity contribution in [3.05, 3.63) is 69.9 Å². The molecule has 3 aromatic rings. The summed E-state index contributed by atoms with van der Waals surface area (Å²) in [6.07, 6.45) is -0.704. The number of amides is 1. The van der Waals surface area contributed by atoms with Gasteiger partial charge in [0, 0.05) is 10.4 Å². The number of nitrogens with one attached hydrogen (secondary N) is 1. The Morgan fingerprint density at radius 3 is 2.70 bits per heavy atom. The highest BCUT2D eigenvalue weighted by Gasteiger charge is 2.18. The van der Waals surface area contributed by atoms with E-state index in [9.17, 15) is 9.18 Å².